The van der Waals surface area contributed by atoms with Crippen molar-refractivity contribution in [3.05, 3.63) is 35.1 Å². The van der Waals surface area contributed by atoms with Gasteiger partial charge in [-0.25, -0.2) is 4.39 Å². The second-order valence-electron chi connectivity index (χ2n) is 6.01. The standard InChI is InChI=1S/C16H21FN2/c1-12-5-7-16(2,8-6-12)19-11-14-9-13(10-18)3-4-15(14)17/h3-4,9,12,19H,5-8,11H2,1-2H3. The van der Waals surface area contributed by atoms with Gasteiger partial charge in [-0.15, -0.1) is 0 Å². The normalized spacial score (nSPS) is 26.9. The van der Waals surface area contributed by atoms with Crippen LogP contribution in [0.2, 0.25) is 0 Å². The number of nitrogens with one attached hydrogen (secondary N) is 1. The van der Waals surface area contributed by atoms with Gasteiger partial charge in [0.1, 0.15) is 5.82 Å². The van der Waals surface area contributed by atoms with Crippen molar-refractivity contribution in [2.75, 3.05) is 0 Å². The summed E-state index contributed by atoms with van der Waals surface area (Å²) in [5.41, 5.74) is 1.20. The molecule has 0 heterocycles. The van der Waals surface area contributed by atoms with Gasteiger partial charge in [-0.3, -0.25) is 0 Å². The Labute approximate surface area is 114 Å². The average molecular weight is 260 g/mol. The highest BCUT2D eigenvalue weighted by Crippen LogP contribution is 2.31. The molecule has 1 aliphatic carbocycles. The molecule has 1 fully saturated rings. The number of halogens is 1. The van der Waals surface area contributed by atoms with Crippen molar-refractivity contribution >= 4 is 0 Å². The van der Waals surface area contributed by atoms with E-state index in [2.05, 4.69) is 25.2 Å². The van der Waals surface area contributed by atoms with Crippen LogP contribution in [-0.4, -0.2) is 5.54 Å². The van der Waals surface area contributed by atoms with E-state index in [1.54, 1.807) is 6.07 Å². The molecule has 0 aromatic heterocycles. The molecule has 1 aromatic rings. The van der Waals surface area contributed by atoms with Crippen LogP contribution < -0.4 is 5.32 Å². The summed E-state index contributed by atoms with van der Waals surface area (Å²) in [5.74, 6) is 0.563. The molecule has 0 unspecified atom stereocenters. The van der Waals surface area contributed by atoms with E-state index in [-0.39, 0.29) is 11.4 Å². The van der Waals surface area contributed by atoms with Crippen LogP contribution in [0.4, 0.5) is 4.39 Å². The Morgan fingerprint density at radius 1 is 1.42 bits per heavy atom. The van der Waals surface area contributed by atoms with Crippen molar-refractivity contribution in [3.8, 4) is 6.07 Å². The van der Waals surface area contributed by atoms with E-state index in [1.807, 2.05) is 0 Å². The molecular formula is C16H21FN2. The van der Waals surface area contributed by atoms with Crippen LogP contribution in [0.3, 0.4) is 0 Å². The lowest BCUT2D eigenvalue weighted by molar-refractivity contribution is 0.212. The van der Waals surface area contributed by atoms with E-state index in [0.717, 1.165) is 18.8 Å². The van der Waals surface area contributed by atoms with E-state index >= 15 is 0 Å². The molecule has 0 saturated heterocycles. The summed E-state index contributed by atoms with van der Waals surface area (Å²) in [6.45, 7) is 4.99. The third-order valence-electron chi connectivity index (χ3n) is 4.26. The number of rotatable bonds is 3. The number of hydrogen-bond acceptors (Lipinski definition) is 2. The number of benzene rings is 1. The van der Waals surface area contributed by atoms with E-state index < -0.39 is 0 Å². The lowest BCUT2D eigenvalue weighted by Crippen LogP contribution is -2.44. The van der Waals surface area contributed by atoms with Gasteiger partial charge in [0.25, 0.3) is 0 Å². The Morgan fingerprint density at radius 3 is 2.74 bits per heavy atom. The fourth-order valence-corrected chi connectivity index (χ4v) is 2.66. The van der Waals surface area contributed by atoms with Crippen LogP contribution in [0.5, 0.6) is 0 Å². The highest BCUT2D eigenvalue weighted by molar-refractivity contribution is 5.33. The molecule has 0 radical (unpaired) electrons. The van der Waals surface area contributed by atoms with Crippen molar-refractivity contribution < 1.29 is 4.39 Å². The Morgan fingerprint density at radius 2 is 2.11 bits per heavy atom. The maximum absolute atomic E-state index is 13.7. The van der Waals surface area contributed by atoms with Crippen molar-refractivity contribution in [1.82, 2.24) is 5.32 Å². The lowest BCUT2D eigenvalue weighted by atomic mass is 9.78. The third kappa shape index (κ3) is 3.54. The Hall–Kier alpha value is -1.40. The Balaban J connectivity index is 2.00. The monoisotopic (exact) mass is 260 g/mol. The first-order valence-electron chi connectivity index (χ1n) is 6.96. The molecule has 1 N–H and O–H groups in total. The van der Waals surface area contributed by atoms with Gasteiger partial charge >= 0.3 is 0 Å². The SMILES string of the molecule is CC1CCC(C)(NCc2cc(C#N)ccc2F)CC1. The lowest BCUT2D eigenvalue weighted by Gasteiger charge is -2.37. The predicted octanol–water partition coefficient (Wildman–Crippen LogP) is 3.76. The molecule has 0 amide bonds. The third-order valence-corrected chi connectivity index (χ3v) is 4.26. The molecule has 0 spiro atoms. The summed E-state index contributed by atoms with van der Waals surface area (Å²) in [6, 6.07) is 6.58. The van der Waals surface area contributed by atoms with Gasteiger partial charge in [0, 0.05) is 17.6 Å². The van der Waals surface area contributed by atoms with Crippen LogP contribution >= 0.6 is 0 Å². The van der Waals surface area contributed by atoms with Crippen molar-refractivity contribution in [2.45, 2.75) is 51.6 Å². The molecule has 0 bridgehead atoms. The summed E-state index contributed by atoms with van der Waals surface area (Å²) in [7, 11) is 0. The van der Waals surface area contributed by atoms with Gasteiger partial charge in [-0.05, 0) is 56.7 Å². The molecular weight excluding hydrogens is 239 g/mol. The highest BCUT2D eigenvalue weighted by atomic mass is 19.1. The number of hydrogen-bond donors (Lipinski definition) is 1. The van der Waals surface area contributed by atoms with Crippen molar-refractivity contribution in [2.24, 2.45) is 5.92 Å². The van der Waals surface area contributed by atoms with E-state index in [0.29, 0.717) is 17.7 Å². The molecule has 2 rings (SSSR count). The number of nitriles is 1. The van der Waals surface area contributed by atoms with Gasteiger partial charge in [0.05, 0.1) is 11.6 Å². The molecule has 0 atom stereocenters. The molecule has 1 saturated carbocycles. The second-order valence-corrected chi connectivity index (χ2v) is 6.01. The molecule has 3 heteroatoms. The topological polar surface area (TPSA) is 35.8 Å². The average Bonchev–Trinajstić information content (AvgIpc) is 2.42. The summed E-state index contributed by atoms with van der Waals surface area (Å²) in [6.07, 6.45) is 4.72. The largest absolute Gasteiger partial charge is 0.307 e. The summed E-state index contributed by atoms with van der Waals surface area (Å²) < 4.78 is 13.7. The molecule has 102 valence electrons. The molecule has 2 nitrogen and oxygen atoms in total. The second kappa shape index (κ2) is 5.71. The van der Waals surface area contributed by atoms with Gasteiger partial charge in [-0.2, -0.15) is 5.26 Å². The maximum Gasteiger partial charge on any atom is 0.127 e. The highest BCUT2D eigenvalue weighted by Gasteiger charge is 2.28. The Kier molecular flexibility index (Phi) is 4.21. The number of nitrogens with zero attached hydrogens (tertiary/aromatic N) is 1. The van der Waals surface area contributed by atoms with Crippen LogP contribution in [0, 0.1) is 23.1 Å². The van der Waals surface area contributed by atoms with Gasteiger partial charge in [-0.1, -0.05) is 6.92 Å². The van der Waals surface area contributed by atoms with Crippen LogP contribution in [0.25, 0.3) is 0 Å². The maximum atomic E-state index is 13.7. The van der Waals surface area contributed by atoms with Crippen LogP contribution in [-0.2, 0) is 6.54 Å². The first-order valence-corrected chi connectivity index (χ1v) is 6.96. The molecule has 1 aliphatic rings. The minimum absolute atomic E-state index is 0.0988. The fourth-order valence-electron chi connectivity index (χ4n) is 2.66. The quantitative estimate of drug-likeness (QED) is 0.898. The van der Waals surface area contributed by atoms with Crippen LogP contribution in [0.1, 0.15) is 50.7 Å². The zero-order chi connectivity index (χ0) is 13.9. The van der Waals surface area contributed by atoms with Gasteiger partial charge in [0.15, 0.2) is 0 Å². The fraction of sp³-hybridized carbons (Fsp3) is 0.562. The molecule has 0 aliphatic heterocycles. The predicted molar refractivity (Wildman–Crippen MR) is 74.0 cm³/mol. The van der Waals surface area contributed by atoms with Gasteiger partial charge in [0.2, 0.25) is 0 Å². The van der Waals surface area contributed by atoms with E-state index in [9.17, 15) is 4.39 Å². The summed E-state index contributed by atoms with van der Waals surface area (Å²) in [5, 5.41) is 12.3. The first kappa shape index (κ1) is 14.0. The van der Waals surface area contributed by atoms with Crippen LogP contribution in [0.15, 0.2) is 18.2 Å². The minimum Gasteiger partial charge on any atom is -0.307 e. The van der Waals surface area contributed by atoms with Gasteiger partial charge < -0.3 is 5.32 Å². The summed E-state index contributed by atoms with van der Waals surface area (Å²) >= 11 is 0. The summed E-state index contributed by atoms with van der Waals surface area (Å²) in [4.78, 5) is 0. The van der Waals surface area contributed by atoms with Crippen molar-refractivity contribution in [1.29, 1.82) is 5.26 Å². The molecule has 19 heavy (non-hydrogen) atoms. The van der Waals surface area contributed by atoms with E-state index in [4.69, 9.17) is 5.26 Å². The van der Waals surface area contributed by atoms with Crippen molar-refractivity contribution in [3.63, 3.8) is 0 Å². The molecule has 1 aromatic carbocycles. The smallest absolute Gasteiger partial charge is 0.127 e. The zero-order valence-corrected chi connectivity index (χ0v) is 11.7. The minimum atomic E-state index is -0.237. The Bertz CT molecular complexity index is 482. The zero-order valence-electron chi connectivity index (χ0n) is 11.7. The first-order chi connectivity index (χ1) is 9.02. The van der Waals surface area contributed by atoms with E-state index in [1.165, 1.54) is 25.0 Å².